The molecule has 26 heavy (non-hydrogen) atoms. The van der Waals surface area contributed by atoms with Gasteiger partial charge in [-0.3, -0.25) is 9.59 Å². The fourth-order valence-electron chi connectivity index (χ4n) is 2.51. The number of hydrogen-bond donors (Lipinski definition) is 2. The molecule has 130 valence electrons. The van der Waals surface area contributed by atoms with Crippen molar-refractivity contribution in [2.75, 3.05) is 10.6 Å². The van der Waals surface area contributed by atoms with Crippen LogP contribution < -0.4 is 10.6 Å². The number of carbonyl (C=O) groups excluding carboxylic acids is 2. The first-order chi connectivity index (χ1) is 12.6. The minimum Gasteiger partial charge on any atom is -0.324 e. The second kappa shape index (κ2) is 8.07. The second-order valence-corrected chi connectivity index (χ2v) is 5.92. The Balaban J connectivity index is 1.64. The Kier molecular flexibility index (Phi) is 5.39. The minimum atomic E-state index is -0.224. The lowest BCUT2D eigenvalue weighted by molar-refractivity contribution is -0.115. The van der Waals surface area contributed by atoms with Gasteiger partial charge < -0.3 is 10.6 Å². The Morgan fingerprint density at radius 3 is 2.23 bits per heavy atom. The van der Waals surface area contributed by atoms with Crippen molar-refractivity contribution in [3.8, 4) is 0 Å². The predicted octanol–water partition coefficient (Wildman–Crippen LogP) is 3.82. The molecule has 1 aromatic heterocycles. The Hall–Kier alpha value is -3.47. The molecule has 3 aromatic rings. The van der Waals surface area contributed by atoms with Gasteiger partial charge in [0.05, 0.1) is 18.3 Å². The SMILES string of the molecule is Cc1cc(NC(=O)c2ccccc2)ncc1NC(=O)Cc1ccccc1. The molecule has 2 N–H and O–H groups in total. The zero-order chi connectivity index (χ0) is 18.4. The summed E-state index contributed by atoms with van der Waals surface area (Å²) in [6, 6.07) is 20.2. The Labute approximate surface area is 152 Å². The van der Waals surface area contributed by atoms with Gasteiger partial charge >= 0.3 is 0 Å². The number of pyridine rings is 1. The molecular formula is C21H19N3O2. The van der Waals surface area contributed by atoms with E-state index in [2.05, 4.69) is 15.6 Å². The van der Waals surface area contributed by atoms with Crippen LogP contribution in [0.2, 0.25) is 0 Å². The number of anilines is 2. The summed E-state index contributed by atoms with van der Waals surface area (Å²) in [7, 11) is 0. The molecule has 0 aliphatic heterocycles. The normalized spacial score (nSPS) is 10.2. The number of carbonyl (C=O) groups is 2. The van der Waals surface area contributed by atoms with Crippen LogP contribution in [0, 0.1) is 6.92 Å². The molecule has 0 saturated carbocycles. The molecule has 2 aromatic carbocycles. The van der Waals surface area contributed by atoms with Crippen molar-refractivity contribution < 1.29 is 9.59 Å². The summed E-state index contributed by atoms with van der Waals surface area (Å²) < 4.78 is 0. The minimum absolute atomic E-state index is 0.109. The van der Waals surface area contributed by atoms with E-state index in [1.165, 1.54) is 0 Å². The van der Waals surface area contributed by atoms with Crippen LogP contribution in [0.1, 0.15) is 21.5 Å². The fourth-order valence-corrected chi connectivity index (χ4v) is 2.51. The standard InChI is InChI=1S/C21H19N3O2/c1-15-12-19(24-21(26)17-10-6-3-7-11-17)22-14-18(15)23-20(25)13-16-8-4-2-5-9-16/h2-12,14H,13H2,1H3,(H,23,25)(H,22,24,26). The van der Waals surface area contributed by atoms with Crippen molar-refractivity contribution in [2.24, 2.45) is 0 Å². The van der Waals surface area contributed by atoms with Crippen molar-refractivity contribution in [3.05, 3.63) is 89.6 Å². The number of aryl methyl sites for hydroxylation is 1. The molecule has 3 rings (SSSR count). The van der Waals surface area contributed by atoms with Crippen LogP contribution in [0.5, 0.6) is 0 Å². The first kappa shape index (κ1) is 17.4. The smallest absolute Gasteiger partial charge is 0.256 e. The molecule has 0 aliphatic rings. The number of hydrogen-bond acceptors (Lipinski definition) is 3. The third-order valence-corrected chi connectivity index (χ3v) is 3.87. The zero-order valence-electron chi connectivity index (χ0n) is 14.4. The van der Waals surface area contributed by atoms with E-state index in [1.807, 2.05) is 43.3 Å². The maximum atomic E-state index is 12.2. The van der Waals surface area contributed by atoms with Crippen LogP contribution in [-0.4, -0.2) is 16.8 Å². The average molecular weight is 345 g/mol. The summed E-state index contributed by atoms with van der Waals surface area (Å²) >= 11 is 0. The highest BCUT2D eigenvalue weighted by Gasteiger charge is 2.10. The number of benzene rings is 2. The van der Waals surface area contributed by atoms with Gasteiger partial charge in [-0.15, -0.1) is 0 Å². The molecule has 0 atom stereocenters. The highest BCUT2D eigenvalue weighted by molar-refractivity contribution is 6.03. The number of nitrogens with one attached hydrogen (secondary N) is 2. The third kappa shape index (κ3) is 4.54. The summed E-state index contributed by atoms with van der Waals surface area (Å²) in [4.78, 5) is 28.6. The summed E-state index contributed by atoms with van der Waals surface area (Å²) in [5.74, 6) is 0.109. The Morgan fingerprint density at radius 1 is 0.923 bits per heavy atom. The summed E-state index contributed by atoms with van der Waals surface area (Å²) in [6.45, 7) is 1.86. The molecule has 5 heteroatoms. The largest absolute Gasteiger partial charge is 0.324 e. The molecule has 0 saturated heterocycles. The zero-order valence-corrected chi connectivity index (χ0v) is 14.4. The first-order valence-electron chi connectivity index (χ1n) is 8.28. The van der Waals surface area contributed by atoms with Crippen LogP contribution in [-0.2, 0) is 11.2 Å². The maximum absolute atomic E-state index is 12.2. The molecule has 1 heterocycles. The van der Waals surface area contributed by atoms with Gasteiger partial charge in [0.1, 0.15) is 5.82 Å². The van der Waals surface area contributed by atoms with Crippen molar-refractivity contribution in [3.63, 3.8) is 0 Å². The second-order valence-electron chi connectivity index (χ2n) is 5.92. The Bertz CT molecular complexity index is 909. The van der Waals surface area contributed by atoms with E-state index in [1.54, 1.807) is 36.5 Å². The molecule has 0 aliphatic carbocycles. The van der Waals surface area contributed by atoms with Gasteiger partial charge in [-0.25, -0.2) is 4.98 Å². The number of amides is 2. The third-order valence-electron chi connectivity index (χ3n) is 3.87. The summed E-state index contributed by atoms with van der Waals surface area (Å²) in [5.41, 5.74) is 2.96. The van der Waals surface area contributed by atoms with Crippen LogP contribution >= 0.6 is 0 Å². The molecular weight excluding hydrogens is 326 g/mol. The molecule has 0 fully saturated rings. The highest BCUT2D eigenvalue weighted by atomic mass is 16.2. The molecule has 0 spiro atoms. The molecule has 0 unspecified atom stereocenters. The van der Waals surface area contributed by atoms with Crippen LogP contribution in [0.25, 0.3) is 0 Å². The lowest BCUT2D eigenvalue weighted by Gasteiger charge is -2.10. The van der Waals surface area contributed by atoms with E-state index in [9.17, 15) is 9.59 Å². The quantitative estimate of drug-likeness (QED) is 0.738. The highest BCUT2D eigenvalue weighted by Crippen LogP contribution is 2.18. The van der Waals surface area contributed by atoms with Gasteiger partial charge in [-0.2, -0.15) is 0 Å². The lowest BCUT2D eigenvalue weighted by Crippen LogP contribution is -2.16. The maximum Gasteiger partial charge on any atom is 0.256 e. The molecule has 2 amide bonds. The van der Waals surface area contributed by atoms with E-state index in [4.69, 9.17) is 0 Å². The number of nitrogens with zero attached hydrogens (tertiary/aromatic N) is 1. The van der Waals surface area contributed by atoms with Gasteiger partial charge in [0.15, 0.2) is 0 Å². The van der Waals surface area contributed by atoms with Gasteiger partial charge in [0.25, 0.3) is 5.91 Å². The number of rotatable bonds is 5. The van der Waals surface area contributed by atoms with Gasteiger partial charge in [-0.1, -0.05) is 48.5 Å². The van der Waals surface area contributed by atoms with Crippen molar-refractivity contribution in [1.29, 1.82) is 0 Å². The van der Waals surface area contributed by atoms with Gasteiger partial charge in [0, 0.05) is 5.56 Å². The van der Waals surface area contributed by atoms with Crippen LogP contribution in [0.3, 0.4) is 0 Å². The van der Waals surface area contributed by atoms with E-state index >= 15 is 0 Å². The predicted molar refractivity (Wildman–Crippen MR) is 102 cm³/mol. The molecule has 5 nitrogen and oxygen atoms in total. The van der Waals surface area contributed by atoms with E-state index in [0.29, 0.717) is 23.5 Å². The first-order valence-corrected chi connectivity index (χ1v) is 8.28. The van der Waals surface area contributed by atoms with E-state index in [-0.39, 0.29) is 11.8 Å². The lowest BCUT2D eigenvalue weighted by atomic mass is 10.1. The van der Waals surface area contributed by atoms with Crippen molar-refractivity contribution >= 4 is 23.3 Å². The van der Waals surface area contributed by atoms with E-state index in [0.717, 1.165) is 11.1 Å². The average Bonchev–Trinajstić information content (AvgIpc) is 2.65. The van der Waals surface area contributed by atoms with Crippen molar-refractivity contribution in [2.45, 2.75) is 13.3 Å². The summed E-state index contributed by atoms with van der Waals surface area (Å²) in [6.07, 6.45) is 1.85. The monoisotopic (exact) mass is 345 g/mol. The topological polar surface area (TPSA) is 71.1 Å². The van der Waals surface area contributed by atoms with Gasteiger partial charge in [0.2, 0.25) is 5.91 Å². The fraction of sp³-hybridized carbons (Fsp3) is 0.0952. The summed E-state index contributed by atoms with van der Waals surface area (Å²) in [5, 5.41) is 5.61. The molecule has 0 bridgehead atoms. The van der Waals surface area contributed by atoms with Gasteiger partial charge in [-0.05, 0) is 36.2 Å². The Morgan fingerprint density at radius 2 is 1.58 bits per heavy atom. The van der Waals surface area contributed by atoms with Crippen LogP contribution in [0.15, 0.2) is 72.9 Å². The van der Waals surface area contributed by atoms with Crippen molar-refractivity contribution in [1.82, 2.24) is 4.98 Å². The number of aromatic nitrogens is 1. The van der Waals surface area contributed by atoms with Crippen LogP contribution in [0.4, 0.5) is 11.5 Å². The van der Waals surface area contributed by atoms with E-state index < -0.39 is 0 Å². The molecule has 0 radical (unpaired) electrons.